The van der Waals surface area contributed by atoms with Crippen molar-refractivity contribution in [3.63, 3.8) is 0 Å². The van der Waals surface area contributed by atoms with Crippen molar-refractivity contribution in [3.8, 4) is 11.5 Å². The molecule has 1 atom stereocenters. The zero-order valence-corrected chi connectivity index (χ0v) is 10.9. The number of ether oxygens (including phenoxy) is 2. The molecule has 0 amide bonds. The molecule has 1 unspecified atom stereocenters. The Balaban J connectivity index is 2.23. The number of nitrogens with one attached hydrogen (secondary N) is 1. The number of carboxylic acid groups (broad SMARTS) is 1. The monoisotopic (exact) mass is 278 g/mol. The summed E-state index contributed by atoms with van der Waals surface area (Å²) in [5.74, 6) is 0.0830. The third-order valence-electron chi connectivity index (χ3n) is 3.13. The molecule has 0 fully saturated rings. The fourth-order valence-corrected chi connectivity index (χ4v) is 1.91. The number of hydrogen-bond acceptors (Lipinski definition) is 5. The highest BCUT2D eigenvalue weighted by atomic mass is 16.7. The summed E-state index contributed by atoms with van der Waals surface area (Å²) in [6.07, 6.45) is 0. The number of rotatable bonds is 6. The van der Waals surface area contributed by atoms with Gasteiger partial charge in [-0.1, -0.05) is 11.2 Å². The molecule has 2 N–H and O–H groups in total. The molecular formula is C12H14N4O4. The van der Waals surface area contributed by atoms with Crippen LogP contribution in [0, 0.1) is 0 Å². The molecule has 1 aromatic rings. The van der Waals surface area contributed by atoms with E-state index in [2.05, 4.69) is 15.3 Å². The summed E-state index contributed by atoms with van der Waals surface area (Å²) in [4.78, 5) is 14.2. The number of azide groups is 1. The summed E-state index contributed by atoms with van der Waals surface area (Å²) < 4.78 is 10.4. The van der Waals surface area contributed by atoms with E-state index in [1.807, 2.05) is 0 Å². The molecule has 106 valence electrons. The number of nitrogens with zero attached hydrogens (tertiary/aromatic N) is 3. The van der Waals surface area contributed by atoms with Crippen LogP contribution in [0.3, 0.4) is 0 Å². The van der Waals surface area contributed by atoms with Gasteiger partial charge in [0.1, 0.15) is 5.54 Å². The molecule has 8 nitrogen and oxygen atoms in total. The molecule has 0 aliphatic carbocycles. The van der Waals surface area contributed by atoms with Crippen molar-refractivity contribution in [2.24, 2.45) is 5.11 Å². The maximum absolute atomic E-state index is 11.5. The molecule has 1 aromatic carbocycles. The average Bonchev–Trinajstić information content (AvgIpc) is 2.90. The molecule has 0 saturated carbocycles. The van der Waals surface area contributed by atoms with Gasteiger partial charge in [-0.3, -0.25) is 5.32 Å². The van der Waals surface area contributed by atoms with Crippen molar-refractivity contribution >= 4 is 5.97 Å². The van der Waals surface area contributed by atoms with E-state index in [1.54, 1.807) is 25.1 Å². The molecule has 1 aliphatic rings. The van der Waals surface area contributed by atoms with Gasteiger partial charge in [0.15, 0.2) is 11.5 Å². The van der Waals surface area contributed by atoms with Crippen LogP contribution >= 0.6 is 0 Å². The topological polar surface area (TPSA) is 117 Å². The second-order valence-corrected chi connectivity index (χ2v) is 4.38. The predicted molar refractivity (Wildman–Crippen MR) is 69.6 cm³/mol. The fraction of sp³-hybridized carbons (Fsp3) is 0.417. The van der Waals surface area contributed by atoms with Crippen molar-refractivity contribution in [3.05, 3.63) is 34.2 Å². The van der Waals surface area contributed by atoms with E-state index in [1.165, 1.54) is 0 Å². The summed E-state index contributed by atoms with van der Waals surface area (Å²) in [7, 11) is 0. The second-order valence-electron chi connectivity index (χ2n) is 4.38. The van der Waals surface area contributed by atoms with E-state index in [-0.39, 0.29) is 19.9 Å². The van der Waals surface area contributed by atoms with Gasteiger partial charge in [-0.25, -0.2) is 4.79 Å². The third kappa shape index (κ3) is 2.61. The normalized spacial score (nSPS) is 15.2. The quantitative estimate of drug-likeness (QED) is 0.355. The van der Waals surface area contributed by atoms with Crippen molar-refractivity contribution in [1.82, 2.24) is 5.32 Å². The van der Waals surface area contributed by atoms with Crippen LogP contribution in [0.15, 0.2) is 23.3 Å². The first kappa shape index (κ1) is 14.0. The van der Waals surface area contributed by atoms with E-state index in [0.717, 1.165) is 0 Å². The van der Waals surface area contributed by atoms with E-state index in [4.69, 9.17) is 15.0 Å². The van der Waals surface area contributed by atoms with Gasteiger partial charge in [0.2, 0.25) is 6.79 Å². The lowest BCUT2D eigenvalue weighted by molar-refractivity contribution is -0.144. The van der Waals surface area contributed by atoms with Gasteiger partial charge in [-0.05, 0) is 30.2 Å². The average molecular weight is 278 g/mol. The van der Waals surface area contributed by atoms with E-state index >= 15 is 0 Å². The van der Waals surface area contributed by atoms with Crippen LogP contribution in [0.4, 0.5) is 0 Å². The number of carboxylic acids is 1. The van der Waals surface area contributed by atoms with Crippen LogP contribution in [0.1, 0.15) is 12.5 Å². The van der Waals surface area contributed by atoms with Crippen LogP contribution in [-0.2, 0) is 10.3 Å². The summed E-state index contributed by atoms with van der Waals surface area (Å²) >= 11 is 0. The first-order valence-electron chi connectivity index (χ1n) is 5.97. The lowest BCUT2D eigenvalue weighted by Crippen LogP contribution is -2.47. The Morgan fingerprint density at radius 2 is 2.30 bits per heavy atom. The van der Waals surface area contributed by atoms with E-state index in [0.29, 0.717) is 17.1 Å². The Morgan fingerprint density at radius 1 is 1.55 bits per heavy atom. The van der Waals surface area contributed by atoms with Gasteiger partial charge in [0, 0.05) is 18.0 Å². The van der Waals surface area contributed by atoms with Gasteiger partial charge in [-0.2, -0.15) is 0 Å². The molecule has 0 saturated heterocycles. The van der Waals surface area contributed by atoms with Crippen LogP contribution in [-0.4, -0.2) is 31.0 Å². The summed E-state index contributed by atoms with van der Waals surface area (Å²) in [5, 5.41) is 15.7. The maximum atomic E-state index is 11.5. The van der Waals surface area contributed by atoms with Gasteiger partial charge in [-0.15, -0.1) is 0 Å². The predicted octanol–water partition coefficient (Wildman–Crippen LogP) is 1.61. The first-order valence-corrected chi connectivity index (χ1v) is 5.97. The summed E-state index contributed by atoms with van der Waals surface area (Å²) in [6.45, 7) is 2.10. The molecule has 0 radical (unpaired) electrons. The van der Waals surface area contributed by atoms with Crippen molar-refractivity contribution in [1.29, 1.82) is 0 Å². The summed E-state index contributed by atoms with van der Waals surface area (Å²) in [6, 6.07) is 4.98. The zero-order valence-electron chi connectivity index (χ0n) is 10.9. The Hall–Kier alpha value is -2.44. The SMILES string of the molecule is CC(NCCN=[N+]=[N-])(C(=O)O)c1ccc2c(c1)OCO2. The lowest BCUT2D eigenvalue weighted by Gasteiger charge is -2.26. The van der Waals surface area contributed by atoms with Crippen molar-refractivity contribution < 1.29 is 19.4 Å². The molecular weight excluding hydrogens is 264 g/mol. The fourth-order valence-electron chi connectivity index (χ4n) is 1.91. The molecule has 20 heavy (non-hydrogen) atoms. The Bertz CT molecular complexity index is 571. The minimum atomic E-state index is -1.30. The largest absolute Gasteiger partial charge is 0.480 e. The van der Waals surface area contributed by atoms with Crippen molar-refractivity contribution in [2.75, 3.05) is 19.9 Å². The molecule has 1 heterocycles. The second kappa shape index (κ2) is 5.68. The molecule has 1 aliphatic heterocycles. The molecule has 8 heteroatoms. The number of carbonyl (C=O) groups is 1. The molecule has 0 aromatic heterocycles. The van der Waals surface area contributed by atoms with Gasteiger partial charge >= 0.3 is 5.97 Å². The minimum Gasteiger partial charge on any atom is -0.480 e. The highest BCUT2D eigenvalue weighted by Crippen LogP contribution is 2.35. The number of hydrogen-bond donors (Lipinski definition) is 2. The standard InChI is InChI=1S/C12H14N4O4/c1-12(11(17)18,14-4-5-15-16-13)8-2-3-9-10(6-8)20-7-19-9/h2-3,6,14H,4-5,7H2,1H3,(H,17,18). The Kier molecular flexibility index (Phi) is 3.97. The Morgan fingerprint density at radius 3 is 3.00 bits per heavy atom. The zero-order chi connectivity index (χ0) is 14.6. The molecule has 2 rings (SSSR count). The van der Waals surface area contributed by atoms with E-state index in [9.17, 15) is 9.90 Å². The molecule has 0 bridgehead atoms. The van der Waals surface area contributed by atoms with Crippen LogP contribution in [0.5, 0.6) is 11.5 Å². The van der Waals surface area contributed by atoms with Gasteiger partial charge < -0.3 is 14.6 Å². The minimum absolute atomic E-state index is 0.132. The number of fused-ring (bicyclic) bond motifs is 1. The Labute approximate surface area is 114 Å². The van der Waals surface area contributed by atoms with Crippen LogP contribution < -0.4 is 14.8 Å². The van der Waals surface area contributed by atoms with Crippen LogP contribution in [0.2, 0.25) is 0 Å². The van der Waals surface area contributed by atoms with Gasteiger partial charge in [0.25, 0.3) is 0 Å². The van der Waals surface area contributed by atoms with Crippen LogP contribution in [0.25, 0.3) is 10.4 Å². The lowest BCUT2D eigenvalue weighted by atomic mass is 9.91. The number of aliphatic carboxylic acids is 1. The van der Waals surface area contributed by atoms with E-state index < -0.39 is 11.5 Å². The highest BCUT2D eigenvalue weighted by molar-refractivity contribution is 5.80. The maximum Gasteiger partial charge on any atom is 0.328 e. The van der Waals surface area contributed by atoms with Gasteiger partial charge in [0.05, 0.1) is 0 Å². The van der Waals surface area contributed by atoms with Crippen molar-refractivity contribution in [2.45, 2.75) is 12.5 Å². The number of benzene rings is 1. The first-order chi connectivity index (χ1) is 9.58. The smallest absolute Gasteiger partial charge is 0.328 e. The molecule has 0 spiro atoms. The summed E-state index contributed by atoms with van der Waals surface area (Å²) in [5.41, 5.74) is 7.45. The highest BCUT2D eigenvalue weighted by Gasteiger charge is 2.35. The third-order valence-corrected chi connectivity index (χ3v) is 3.13.